The van der Waals surface area contributed by atoms with E-state index in [1.165, 1.54) is 6.33 Å². The van der Waals surface area contributed by atoms with Gasteiger partial charge in [0, 0.05) is 5.56 Å². The number of fused-ring (bicyclic) bond motifs is 1. The van der Waals surface area contributed by atoms with Crippen LogP contribution in [-0.2, 0) is 13.6 Å². The fourth-order valence-corrected chi connectivity index (χ4v) is 6.88. The largest absolute Gasteiger partial charge is 0.408 e. The summed E-state index contributed by atoms with van der Waals surface area (Å²) in [7, 11) is -4.59. The van der Waals surface area contributed by atoms with E-state index in [9.17, 15) is 9.90 Å². The summed E-state index contributed by atoms with van der Waals surface area (Å²) in [5, 5.41) is 13.2. The molecule has 224 valence electrons. The van der Waals surface area contributed by atoms with Gasteiger partial charge in [-0.3, -0.25) is 9.36 Å². The lowest BCUT2D eigenvalue weighted by Crippen LogP contribution is -2.53. The van der Waals surface area contributed by atoms with Crippen molar-refractivity contribution >= 4 is 39.5 Å². The third-order valence-electron chi connectivity index (χ3n) is 8.84. The van der Waals surface area contributed by atoms with Gasteiger partial charge < -0.3 is 24.0 Å². The van der Waals surface area contributed by atoms with Crippen LogP contribution >= 0.6 is 0 Å². The molecule has 2 unspecified atom stereocenters. The molecule has 12 heteroatoms. The number of hydrogen-bond acceptors (Lipinski definition) is 8. The lowest BCUT2D eigenvalue weighted by atomic mass is 10.1. The molecule has 0 bridgehead atoms. The van der Waals surface area contributed by atoms with Crippen LogP contribution in [0.25, 0.3) is 11.2 Å². The number of ether oxygens (including phenoxy) is 1. The van der Waals surface area contributed by atoms with E-state index in [-0.39, 0.29) is 22.6 Å². The Morgan fingerprint density at radius 3 is 2.10 bits per heavy atom. The summed E-state index contributed by atoms with van der Waals surface area (Å²) in [5.74, 6) is 0.00910. The minimum atomic E-state index is -2.32. The highest BCUT2D eigenvalue weighted by atomic mass is 28.4. The molecule has 0 spiro atoms. The van der Waals surface area contributed by atoms with Crippen molar-refractivity contribution in [3.8, 4) is 0 Å². The number of nitrogens with zero attached hydrogens (tertiary/aromatic N) is 4. The fraction of sp³-hybridized carbons (Fsp3) is 0.586. The van der Waals surface area contributed by atoms with Crippen LogP contribution < -0.4 is 5.32 Å². The van der Waals surface area contributed by atoms with Crippen molar-refractivity contribution < 1.29 is 23.5 Å². The number of rotatable bonds is 8. The van der Waals surface area contributed by atoms with Crippen LogP contribution in [0.3, 0.4) is 0 Å². The van der Waals surface area contributed by atoms with E-state index in [1.807, 2.05) is 10.6 Å². The van der Waals surface area contributed by atoms with Crippen LogP contribution in [0, 0.1) is 0 Å². The van der Waals surface area contributed by atoms with Crippen molar-refractivity contribution in [2.75, 3.05) is 11.9 Å². The highest BCUT2D eigenvalue weighted by molar-refractivity contribution is 6.74. The van der Waals surface area contributed by atoms with E-state index in [0.717, 1.165) is 0 Å². The number of imidazole rings is 1. The monoisotopic (exact) mass is 599 g/mol. The van der Waals surface area contributed by atoms with Crippen LogP contribution in [-0.4, -0.2) is 72.1 Å². The van der Waals surface area contributed by atoms with E-state index in [2.05, 4.69) is 88.0 Å². The van der Waals surface area contributed by atoms with Crippen LogP contribution in [0.1, 0.15) is 58.1 Å². The van der Waals surface area contributed by atoms with Crippen molar-refractivity contribution in [2.24, 2.45) is 0 Å². The number of benzene rings is 1. The average Bonchev–Trinajstić information content (AvgIpc) is 3.44. The van der Waals surface area contributed by atoms with Crippen LogP contribution in [0.4, 0.5) is 5.82 Å². The van der Waals surface area contributed by atoms with Crippen LogP contribution in [0.5, 0.6) is 0 Å². The molecule has 4 rings (SSSR count). The molecule has 1 aromatic carbocycles. The van der Waals surface area contributed by atoms with Gasteiger partial charge in [0.05, 0.1) is 12.9 Å². The Balaban J connectivity index is 1.76. The van der Waals surface area contributed by atoms with Gasteiger partial charge in [0.2, 0.25) is 0 Å². The zero-order chi connectivity index (χ0) is 30.4. The molecule has 0 saturated carbocycles. The minimum absolute atomic E-state index is 0.0482. The van der Waals surface area contributed by atoms with Gasteiger partial charge in [0.1, 0.15) is 24.6 Å². The smallest absolute Gasteiger partial charge is 0.256 e. The SMILES string of the molecule is CC(C)(C)[Si](C)(C)OC1C(O[Si](C)(C)C(C)(C)C)[C@@H](CO)O[C@H]1n1cnc2c(NC(=O)c3ccccc3)ncnc21. The molecule has 3 heterocycles. The average molecular weight is 600 g/mol. The van der Waals surface area contributed by atoms with Crippen molar-refractivity contribution in [1.82, 2.24) is 19.5 Å². The van der Waals surface area contributed by atoms with E-state index < -0.39 is 41.2 Å². The molecular weight excluding hydrogens is 555 g/mol. The second-order valence-electron chi connectivity index (χ2n) is 13.8. The number of aliphatic hydroxyl groups is 1. The predicted octanol–water partition coefficient (Wildman–Crippen LogP) is 5.75. The molecule has 2 N–H and O–H groups in total. The van der Waals surface area contributed by atoms with E-state index >= 15 is 0 Å². The van der Waals surface area contributed by atoms with Gasteiger partial charge >= 0.3 is 0 Å². The summed E-state index contributed by atoms with van der Waals surface area (Å²) in [6, 6.07) is 8.93. The van der Waals surface area contributed by atoms with Gasteiger partial charge in [0.25, 0.3) is 5.91 Å². The maximum Gasteiger partial charge on any atom is 0.256 e. The van der Waals surface area contributed by atoms with Crippen molar-refractivity contribution in [3.63, 3.8) is 0 Å². The van der Waals surface area contributed by atoms with E-state index in [1.54, 1.807) is 30.6 Å². The van der Waals surface area contributed by atoms with Gasteiger partial charge in [0.15, 0.2) is 39.8 Å². The second-order valence-corrected chi connectivity index (χ2v) is 23.3. The number of anilines is 1. The van der Waals surface area contributed by atoms with Gasteiger partial charge in [-0.1, -0.05) is 59.7 Å². The molecule has 3 aromatic rings. The molecule has 0 aliphatic carbocycles. The summed E-state index contributed by atoms with van der Waals surface area (Å²) >= 11 is 0. The number of aliphatic hydroxyl groups excluding tert-OH is 1. The van der Waals surface area contributed by atoms with E-state index in [0.29, 0.717) is 22.5 Å². The number of aromatic nitrogens is 4. The molecule has 0 radical (unpaired) electrons. The maximum absolute atomic E-state index is 12.9. The van der Waals surface area contributed by atoms with Crippen molar-refractivity contribution in [2.45, 2.75) is 102 Å². The lowest BCUT2D eigenvalue weighted by Gasteiger charge is -2.44. The molecular formula is C29H45N5O5Si2. The van der Waals surface area contributed by atoms with Crippen molar-refractivity contribution in [3.05, 3.63) is 48.5 Å². The summed E-state index contributed by atoms with van der Waals surface area (Å²) in [5.41, 5.74) is 1.43. The Bertz CT molecular complexity index is 1370. The van der Waals surface area contributed by atoms with Crippen LogP contribution in [0.2, 0.25) is 36.3 Å². The third kappa shape index (κ3) is 6.32. The number of carbonyl (C=O) groups excluding carboxylic acids is 1. The standard InChI is InChI=1S/C29H45N5O5Si2/c1-28(2,3)40(7,8)38-22-20(16-35)37-27(23(22)39-41(9,10)29(4,5)6)34-18-32-21-24(30-17-31-25(21)34)33-26(36)19-14-12-11-13-15-19/h11-15,17-18,20,22-23,27,35H,16H2,1-10H3,(H,30,31,33,36)/t20-,22?,23?,27-/m1/s1. The Hall–Kier alpha value is -2.49. The first-order valence-corrected chi connectivity index (χ1v) is 19.9. The highest BCUT2D eigenvalue weighted by Gasteiger charge is 2.54. The van der Waals surface area contributed by atoms with Crippen molar-refractivity contribution in [1.29, 1.82) is 0 Å². The fourth-order valence-electron chi connectivity index (χ4n) is 4.28. The highest BCUT2D eigenvalue weighted by Crippen LogP contribution is 2.46. The van der Waals surface area contributed by atoms with Gasteiger partial charge in [-0.25, -0.2) is 15.0 Å². The number of hydrogen-bond donors (Lipinski definition) is 2. The number of carbonyl (C=O) groups is 1. The maximum atomic E-state index is 12.9. The number of amides is 1. The summed E-state index contributed by atoms with van der Waals surface area (Å²) in [6.07, 6.45) is 0.766. The Morgan fingerprint density at radius 1 is 0.951 bits per heavy atom. The second kappa shape index (κ2) is 11.3. The van der Waals surface area contributed by atoms with Gasteiger partial charge in [-0.2, -0.15) is 0 Å². The van der Waals surface area contributed by atoms with Gasteiger partial charge in [-0.15, -0.1) is 0 Å². The first kappa shape index (κ1) is 31.4. The molecule has 1 saturated heterocycles. The summed E-state index contributed by atoms with van der Waals surface area (Å²) in [6.45, 7) is 21.7. The first-order chi connectivity index (χ1) is 19.0. The molecule has 1 aliphatic heterocycles. The zero-order valence-corrected chi connectivity index (χ0v) is 27.9. The Morgan fingerprint density at radius 2 is 1.54 bits per heavy atom. The molecule has 1 fully saturated rings. The summed E-state index contributed by atoms with van der Waals surface area (Å²) in [4.78, 5) is 26.3. The zero-order valence-electron chi connectivity index (χ0n) is 25.9. The third-order valence-corrected chi connectivity index (χ3v) is 17.8. The topological polar surface area (TPSA) is 121 Å². The molecule has 10 nitrogen and oxygen atoms in total. The van der Waals surface area contributed by atoms with E-state index in [4.69, 9.17) is 13.6 Å². The van der Waals surface area contributed by atoms with Crippen LogP contribution in [0.15, 0.2) is 43.0 Å². The first-order valence-electron chi connectivity index (χ1n) is 14.1. The number of nitrogens with one attached hydrogen (secondary N) is 1. The van der Waals surface area contributed by atoms with Gasteiger partial charge in [-0.05, 0) is 48.4 Å². The summed E-state index contributed by atoms with van der Waals surface area (Å²) < 4.78 is 22.3. The molecule has 41 heavy (non-hydrogen) atoms. The minimum Gasteiger partial charge on any atom is -0.408 e. The molecule has 1 amide bonds. The molecule has 2 aromatic heterocycles. The predicted molar refractivity (Wildman–Crippen MR) is 165 cm³/mol. The molecule has 1 aliphatic rings. The normalized spacial score (nSPS) is 22.3. The Labute approximate surface area is 245 Å². The molecule has 4 atom stereocenters. The Kier molecular flexibility index (Phi) is 8.67. The quantitative estimate of drug-likeness (QED) is 0.314. The lowest BCUT2D eigenvalue weighted by molar-refractivity contribution is -0.0491.